The van der Waals surface area contributed by atoms with Crippen molar-refractivity contribution in [2.24, 2.45) is 11.8 Å². The summed E-state index contributed by atoms with van der Waals surface area (Å²) in [5, 5.41) is 27.3. The molecule has 0 saturated heterocycles. The smallest absolute Gasteiger partial charge is 0.309 e. The van der Waals surface area contributed by atoms with Crippen LogP contribution < -0.4 is 19.2 Å². The normalized spacial score (nSPS) is 15.8. The van der Waals surface area contributed by atoms with E-state index in [1.807, 2.05) is 24.3 Å². The van der Waals surface area contributed by atoms with Gasteiger partial charge in [-0.25, -0.2) is 27.5 Å². The predicted octanol–water partition coefficient (Wildman–Crippen LogP) is 12.1. The summed E-state index contributed by atoms with van der Waals surface area (Å²) >= 11 is 11.2. The van der Waals surface area contributed by atoms with Gasteiger partial charge in [0.05, 0.1) is 43.6 Å². The van der Waals surface area contributed by atoms with Gasteiger partial charge in [-0.05, 0) is 66.7 Å². The number of hydrogen-bond donors (Lipinski definition) is 0. The number of benzene rings is 3. The van der Waals surface area contributed by atoms with Crippen molar-refractivity contribution in [1.29, 1.82) is 15.8 Å². The Labute approximate surface area is 403 Å². The van der Waals surface area contributed by atoms with E-state index in [0.717, 1.165) is 37.4 Å². The number of ether oxygens (including phenoxy) is 2. The number of thiazole rings is 2. The van der Waals surface area contributed by atoms with Crippen LogP contribution in [0.5, 0.6) is 23.0 Å². The Morgan fingerprint density at radius 2 is 1.31 bits per heavy atom. The molecule has 10 rings (SSSR count). The van der Waals surface area contributed by atoms with Gasteiger partial charge in [-0.2, -0.15) is 15.8 Å². The van der Waals surface area contributed by atoms with Crippen molar-refractivity contribution in [3.05, 3.63) is 160 Å². The third-order valence-corrected chi connectivity index (χ3v) is 13.1. The SMILES string of the molecule is N#Cc1cc(Oc2ccc(C#N)c(Cl)c2)ccn1.O=c1sc2cc(Br)ccc2n1CC1CC1(F)F.[C-]#[N+]c1cc(Oc2ccc(C#N)c(-c3ccc4c(n3)sc(=O)n4CC3CC3(F)F)c2)ccn1. The molecule has 2 aliphatic carbocycles. The van der Waals surface area contributed by atoms with Crippen LogP contribution in [0.3, 0.4) is 0 Å². The molecule has 0 N–H and O–H groups in total. The second-order valence-electron chi connectivity index (χ2n) is 15.1. The fourth-order valence-corrected chi connectivity index (χ4v) is 9.28. The Balaban J connectivity index is 0.000000151. The van der Waals surface area contributed by atoms with E-state index in [9.17, 15) is 32.4 Å². The van der Waals surface area contributed by atoms with Crippen LogP contribution in [0.25, 0.3) is 36.7 Å². The number of aromatic nitrogens is 5. The fraction of sp³-hybridized carbons (Fsp3) is 0.170. The average Bonchev–Trinajstić information content (AvgIpc) is 4.03. The Morgan fingerprint density at radius 1 is 0.735 bits per heavy atom. The van der Waals surface area contributed by atoms with Crippen LogP contribution in [0.4, 0.5) is 23.4 Å². The second kappa shape index (κ2) is 19.4. The molecule has 2 fully saturated rings. The van der Waals surface area contributed by atoms with Gasteiger partial charge in [-0.15, -0.1) is 4.98 Å². The van der Waals surface area contributed by atoms with Gasteiger partial charge in [0, 0.05) is 78.3 Å². The molecule has 338 valence electrons. The summed E-state index contributed by atoms with van der Waals surface area (Å²) < 4.78 is 68.2. The standard InChI is InChI=1S/C23H13F2N5O2S.C13H6ClN3O.C11H8BrF2NOS/c1-27-20-9-16(6-7-28-20)32-15-3-2-13(11-26)17(8-15)18-4-5-19-21(29-18)33-22(31)30(19)12-14-10-23(14,24)25;14-13-6-11(2-1-9(13)7-15)18-12-3-4-17-10(5-12)8-16;12-7-1-2-8-9(3-7)17-10(16)15(8)5-6-4-11(6,13)14/h2-9,14H,10,12H2;1-6H;1-3,6H,4-5H2. The molecule has 0 aliphatic heterocycles. The highest BCUT2D eigenvalue weighted by atomic mass is 79.9. The van der Waals surface area contributed by atoms with Gasteiger partial charge in [0.15, 0.2) is 0 Å². The van der Waals surface area contributed by atoms with Gasteiger partial charge in [0.1, 0.15) is 51.9 Å². The van der Waals surface area contributed by atoms with Gasteiger partial charge in [-0.3, -0.25) is 18.7 Å². The van der Waals surface area contributed by atoms with E-state index < -0.39 is 23.7 Å². The zero-order valence-corrected chi connectivity index (χ0v) is 38.5. The first kappa shape index (κ1) is 47.0. The summed E-state index contributed by atoms with van der Waals surface area (Å²) in [6.07, 6.45) is 2.63. The number of nitriles is 3. The monoisotopic (exact) mass is 1040 g/mol. The molecule has 2 aliphatic rings. The van der Waals surface area contributed by atoms with Crippen molar-refractivity contribution in [2.75, 3.05) is 0 Å². The Bertz CT molecular complexity index is 3570. The van der Waals surface area contributed by atoms with Crippen LogP contribution in [-0.4, -0.2) is 35.9 Å². The zero-order chi connectivity index (χ0) is 48.3. The minimum absolute atomic E-state index is 0.0435. The van der Waals surface area contributed by atoms with Crippen LogP contribution in [-0.2, 0) is 13.1 Å². The van der Waals surface area contributed by atoms with Crippen LogP contribution in [0.15, 0.2) is 117 Å². The molecular formula is C47H27BrClF4N9O4S2. The van der Waals surface area contributed by atoms with Crippen molar-refractivity contribution in [3.8, 4) is 52.5 Å². The van der Waals surface area contributed by atoms with E-state index in [0.29, 0.717) is 60.8 Å². The molecule has 2 saturated carbocycles. The number of rotatable bonds is 9. The maximum Gasteiger partial charge on any atom is 0.309 e. The molecule has 2 unspecified atom stereocenters. The molecule has 0 spiro atoms. The van der Waals surface area contributed by atoms with Gasteiger partial charge in [0.2, 0.25) is 0 Å². The summed E-state index contributed by atoms with van der Waals surface area (Å²) in [6, 6.07) is 30.7. The summed E-state index contributed by atoms with van der Waals surface area (Å²) in [5.74, 6) is -4.79. The number of hydrogen-bond acceptors (Lipinski definition) is 12. The fourth-order valence-electron chi connectivity index (χ4n) is 6.74. The highest BCUT2D eigenvalue weighted by Gasteiger charge is 2.57. The minimum atomic E-state index is -2.71. The molecule has 5 aromatic heterocycles. The van der Waals surface area contributed by atoms with Crippen LogP contribution in [0.1, 0.15) is 29.7 Å². The molecule has 13 nitrogen and oxygen atoms in total. The van der Waals surface area contributed by atoms with Crippen molar-refractivity contribution < 1.29 is 27.0 Å². The summed E-state index contributed by atoms with van der Waals surface area (Å²) in [4.78, 5) is 39.6. The van der Waals surface area contributed by atoms with Crippen LogP contribution in [0.2, 0.25) is 5.02 Å². The molecule has 0 bridgehead atoms. The molecule has 68 heavy (non-hydrogen) atoms. The van der Waals surface area contributed by atoms with Gasteiger partial charge in [0.25, 0.3) is 17.7 Å². The van der Waals surface area contributed by atoms with E-state index in [1.54, 1.807) is 66.7 Å². The van der Waals surface area contributed by atoms with Crippen molar-refractivity contribution in [2.45, 2.75) is 37.8 Å². The van der Waals surface area contributed by atoms with Gasteiger partial charge in [-0.1, -0.05) is 56.8 Å². The van der Waals surface area contributed by atoms with E-state index in [2.05, 4.69) is 41.8 Å². The summed E-state index contributed by atoms with van der Waals surface area (Å²) in [7, 11) is 0. The van der Waals surface area contributed by atoms with Crippen molar-refractivity contribution in [3.63, 3.8) is 0 Å². The van der Waals surface area contributed by atoms with E-state index in [1.165, 1.54) is 33.7 Å². The Hall–Kier alpha value is -7.46. The van der Waals surface area contributed by atoms with Crippen molar-refractivity contribution >= 4 is 76.6 Å². The minimum Gasteiger partial charge on any atom is -0.458 e. The van der Waals surface area contributed by atoms with Crippen molar-refractivity contribution in [1.82, 2.24) is 24.1 Å². The largest absolute Gasteiger partial charge is 0.458 e. The number of pyridine rings is 3. The molecule has 0 radical (unpaired) electrons. The van der Waals surface area contributed by atoms with E-state index >= 15 is 0 Å². The summed E-state index contributed by atoms with van der Waals surface area (Å²) in [5.41, 5.74) is 3.19. The highest BCUT2D eigenvalue weighted by molar-refractivity contribution is 9.10. The van der Waals surface area contributed by atoms with Gasteiger partial charge < -0.3 is 14.3 Å². The topological polar surface area (TPSA) is 177 Å². The lowest BCUT2D eigenvalue weighted by Crippen LogP contribution is -2.15. The first-order chi connectivity index (χ1) is 32.6. The van der Waals surface area contributed by atoms with Gasteiger partial charge >= 0.3 is 9.75 Å². The molecular weight excluding hydrogens is 1010 g/mol. The number of halogens is 6. The Morgan fingerprint density at radius 3 is 1.93 bits per heavy atom. The van der Waals surface area contributed by atoms with E-state index in [4.69, 9.17) is 38.2 Å². The Kier molecular flexibility index (Phi) is 13.4. The first-order valence-electron chi connectivity index (χ1n) is 19.9. The summed E-state index contributed by atoms with van der Waals surface area (Å²) in [6.45, 7) is 7.14. The maximum absolute atomic E-state index is 13.3. The van der Waals surface area contributed by atoms with Crippen LogP contribution in [0, 0.1) is 52.4 Å². The third-order valence-electron chi connectivity index (χ3n) is 10.5. The third kappa shape index (κ3) is 10.7. The lowest BCUT2D eigenvalue weighted by molar-refractivity contribution is 0.0946. The maximum atomic E-state index is 13.3. The van der Waals surface area contributed by atoms with E-state index in [-0.39, 0.29) is 47.2 Å². The molecule has 5 heterocycles. The number of nitrogens with zero attached hydrogens (tertiary/aromatic N) is 9. The molecule has 3 aromatic carbocycles. The highest BCUT2D eigenvalue weighted by Crippen LogP contribution is 2.50. The molecule has 0 amide bonds. The lowest BCUT2D eigenvalue weighted by Gasteiger charge is -2.09. The van der Waals surface area contributed by atoms with Crippen LogP contribution >= 0.6 is 50.2 Å². The first-order valence-corrected chi connectivity index (χ1v) is 22.7. The average molecular weight is 1040 g/mol. The second-order valence-corrected chi connectivity index (χ2v) is 18.4. The number of fused-ring (bicyclic) bond motifs is 2. The molecule has 8 aromatic rings. The lowest BCUT2D eigenvalue weighted by atomic mass is 10.0. The molecule has 2 atom stereocenters. The number of alkyl halides is 4. The quantitative estimate of drug-likeness (QED) is 0.0998. The molecule has 21 heteroatoms. The predicted molar refractivity (Wildman–Crippen MR) is 250 cm³/mol. The zero-order valence-electron chi connectivity index (χ0n) is 34.5.